The predicted molar refractivity (Wildman–Crippen MR) is 66.0 cm³/mol. The molecule has 0 spiro atoms. The van der Waals surface area contributed by atoms with Gasteiger partial charge in [0.15, 0.2) is 6.07 Å². The molecule has 1 nitrogen and oxygen atoms in total. The van der Waals surface area contributed by atoms with Crippen LogP contribution in [0.4, 0.5) is 0 Å². The van der Waals surface area contributed by atoms with E-state index in [4.69, 9.17) is 16.3 Å². The van der Waals surface area contributed by atoms with Crippen molar-refractivity contribution >= 4 is 11.6 Å². The summed E-state index contributed by atoms with van der Waals surface area (Å²) in [5.41, 5.74) is 5.21. The van der Waals surface area contributed by atoms with Crippen LogP contribution in [0.25, 0.3) is 11.1 Å². The summed E-state index contributed by atoms with van der Waals surface area (Å²) in [4.78, 5) is 0. The Hall–Kier alpha value is -1.47. The number of ether oxygens (including phenoxy) is 1. The number of hydrogen-bond acceptors (Lipinski definition) is 1. The van der Waals surface area contributed by atoms with E-state index in [0.29, 0.717) is 0 Å². The van der Waals surface area contributed by atoms with E-state index < -0.39 is 0 Å². The van der Waals surface area contributed by atoms with E-state index >= 15 is 0 Å². The highest BCUT2D eigenvalue weighted by Gasteiger charge is 2.20. The first-order valence-corrected chi connectivity index (χ1v) is 5.82. The molecule has 0 bridgehead atoms. The molecule has 2 aromatic rings. The molecule has 16 heavy (non-hydrogen) atoms. The maximum Gasteiger partial charge on any atom is 0.162 e. The van der Waals surface area contributed by atoms with Gasteiger partial charge in [0.2, 0.25) is 0 Å². The van der Waals surface area contributed by atoms with Crippen molar-refractivity contribution in [2.75, 3.05) is 6.07 Å². The fourth-order valence-electron chi connectivity index (χ4n) is 2.32. The number of halogens is 1. The number of alkyl halides is 1. The lowest BCUT2D eigenvalue weighted by molar-refractivity contribution is 0.385. The second-order valence-corrected chi connectivity index (χ2v) is 4.09. The zero-order valence-corrected chi connectivity index (χ0v) is 9.50. The van der Waals surface area contributed by atoms with Crippen molar-refractivity contribution in [3.05, 3.63) is 53.6 Å². The van der Waals surface area contributed by atoms with Crippen molar-refractivity contribution in [3.63, 3.8) is 0 Å². The molecule has 2 aromatic carbocycles. The topological polar surface area (TPSA) is 9.23 Å². The summed E-state index contributed by atoms with van der Waals surface area (Å²) in [7, 11) is 0. The van der Waals surface area contributed by atoms with E-state index in [0.717, 1.165) is 12.2 Å². The average molecular weight is 231 g/mol. The summed E-state index contributed by atoms with van der Waals surface area (Å²) in [6.45, 7) is 0. The predicted octanol–water partition coefficient (Wildman–Crippen LogP) is 3.83. The summed E-state index contributed by atoms with van der Waals surface area (Å²) in [5.74, 6) is 0.906. The van der Waals surface area contributed by atoms with Gasteiger partial charge < -0.3 is 4.74 Å². The summed E-state index contributed by atoms with van der Waals surface area (Å²) in [5, 5.41) is 0. The first kappa shape index (κ1) is 9.73. The van der Waals surface area contributed by atoms with Gasteiger partial charge in [0.25, 0.3) is 0 Å². The van der Waals surface area contributed by atoms with Gasteiger partial charge in [0.1, 0.15) is 5.75 Å². The Morgan fingerprint density at radius 2 is 1.81 bits per heavy atom. The van der Waals surface area contributed by atoms with Gasteiger partial charge in [-0.2, -0.15) is 0 Å². The Kier molecular flexibility index (Phi) is 2.33. The summed E-state index contributed by atoms with van der Waals surface area (Å²) in [6, 6.07) is 14.8. The molecule has 0 amide bonds. The lowest BCUT2D eigenvalue weighted by atomic mass is 10.1. The normalized spacial score (nSPS) is 12.1. The molecule has 3 rings (SSSR count). The SMILES string of the molecule is ClCOc1cccc2c1Cc1ccccc1-2. The van der Waals surface area contributed by atoms with Crippen LogP contribution in [0.15, 0.2) is 42.5 Å². The second-order valence-electron chi connectivity index (χ2n) is 3.87. The Labute approximate surface area is 99.6 Å². The quantitative estimate of drug-likeness (QED) is 0.608. The molecule has 80 valence electrons. The molecule has 0 aromatic heterocycles. The van der Waals surface area contributed by atoms with E-state index in [9.17, 15) is 0 Å². The summed E-state index contributed by atoms with van der Waals surface area (Å²) in [6.07, 6.45) is 0.943. The third-order valence-corrected chi connectivity index (χ3v) is 3.13. The van der Waals surface area contributed by atoms with Crippen LogP contribution in [0.2, 0.25) is 0 Å². The first-order chi connectivity index (χ1) is 7.90. The minimum absolute atomic E-state index is 0.201. The molecule has 0 saturated carbocycles. The first-order valence-electron chi connectivity index (χ1n) is 5.29. The molecule has 0 fully saturated rings. The van der Waals surface area contributed by atoms with Gasteiger partial charge in [-0.05, 0) is 22.8 Å². The number of fused-ring (bicyclic) bond motifs is 3. The van der Waals surface area contributed by atoms with Gasteiger partial charge in [0, 0.05) is 12.0 Å². The third kappa shape index (κ3) is 1.40. The van der Waals surface area contributed by atoms with Crippen LogP contribution in [0.5, 0.6) is 5.75 Å². The van der Waals surface area contributed by atoms with Gasteiger partial charge in [0.05, 0.1) is 0 Å². The second kappa shape index (κ2) is 3.84. The zero-order chi connectivity index (χ0) is 11.0. The van der Waals surface area contributed by atoms with Gasteiger partial charge in [-0.15, -0.1) is 0 Å². The van der Waals surface area contributed by atoms with E-state index in [2.05, 4.69) is 30.3 Å². The van der Waals surface area contributed by atoms with Crippen molar-refractivity contribution in [3.8, 4) is 16.9 Å². The molecule has 0 unspecified atom stereocenters. The molecule has 0 heterocycles. The zero-order valence-electron chi connectivity index (χ0n) is 8.74. The van der Waals surface area contributed by atoms with Crippen molar-refractivity contribution in [2.24, 2.45) is 0 Å². The van der Waals surface area contributed by atoms with Crippen LogP contribution >= 0.6 is 11.6 Å². The lowest BCUT2D eigenvalue weighted by Crippen LogP contribution is -1.93. The fraction of sp³-hybridized carbons (Fsp3) is 0.143. The summed E-state index contributed by atoms with van der Waals surface area (Å²) < 4.78 is 5.45. The Morgan fingerprint density at radius 1 is 1.00 bits per heavy atom. The maximum atomic E-state index is 5.63. The lowest BCUT2D eigenvalue weighted by Gasteiger charge is -2.07. The van der Waals surface area contributed by atoms with Crippen LogP contribution in [0.1, 0.15) is 11.1 Å². The van der Waals surface area contributed by atoms with Gasteiger partial charge in [-0.1, -0.05) is 48.0 Å². The van der Waals surface area contributed by atoms with E-state index in [-0.39, 0.29) is 6.07 Å². The fourth-order valence-corrected chi connectivity index (χ4v) is 2.44. The maximum absolute atomic E-state index is 5.63. The molecule has 0 aliphatic heterocycles. The Balaban J connectivity index is 2.16. The van der Waals surface area contributed by atoms with Crippen molar-refractivity contribution < 1.29 is 4.74 Å². The van der Waals surface area contributed by atoms with Crippen molar-refractivity contribution in [1.82, 2.24) is 0 Å². The van der Waals surface area contributed by atoms with Gasteiger partial charge in [-0.3, -0.25) is 0 Å². The average Bonchev–Trinajstić information content (AvgIpc) is 2.69. The molecule has 0 atom stereocenters. The third-order valence-electron chi connectivity index (χ3n) is 3.02. The van der Waals surface area contributed by atoms with E-state index in [1.54, 1.807) is 0 Å². The molecule has 0 saturated heterocycles. The number of benzene rings is 2. The van der Waals surface area contributed by atoms with Crippen LogP contribution in [-0.4, -0.2) is 6.07 Å². The van der Waals surface area contributed by atoms with E-state index in [1.807, 2.05) is 12.1 Å². The Bertz CT molecular complexity index is 534. The van der Waals surface area contributed by atoms with Crippen LogP contribution in [0.3, 0.4) is 0 Å². The highest BCUT2D eigenvalue weighted by Crippen LogP contribution is 2.40. The van der Waals surface area contributed by atoms with E-state index in [1.165, 1.54) is 22.3 Å². The molecule has 0 N–H and O–H groups in total. The monoisotopic (exact) mass is 230 g/mol. The minimum Gasteiger partial charge on any atom is -0.478 e. The molecular formula is C14H11ClO. The van der Waals surface area contributed by atoms with Crippen LogP contribution in [-0.2, 0) is 6.42 Å². The summed E-state index contributed by atoms with van der Waals surface area (Å²) >= 11 is 5.63. The van der Waals surface area contributed by atoms with Crippen molar-refractivity contribution in [1.29, 1.82) is 0 Å². The molecule has 1 aliphatic carbocycles. The smallest absolute Gasteiger partial charge is 0.162 e. The largest absolute Gasteiger partial charge is 0.478 e. The molecule has 0 radical (unpaired) electrons. The van der Waals surface area contributed by atoms with Crippen molar-refractivity contribution in [2.45, 2.75) is 6.42 Å². The van der Waals surface area contributed by atoms with Gasteiger partial charge >= 0.3 is 0 Å². The highest BCUT2D eigenvalue weighted by molar-refractivity contribution is 6.17. The number of rotatable bonds is 2. The Morgan fingerprint density at radius 3 is 2.69 bits per heavy atom. The van der Waals surface area contributed by atoms with Gasteiger partial charge in [-0.25, -0.2) is 0 Å². The molecular weight excluding hydrogens is 220 g/mol. The van der Waals surface area contributed by atoms with Crippen LogP contribution in [0, 0.1) is 0 Å². The number of hydrogen-bond donors (Lipinski definition) is 0. The minimum atomic E-state index is 0.201. The van der Waals surface area contributed by atoms with Crippen LogP contribution < -0.4 is 4.74 Å². The standard InChI is InChI=1S/C14H11ClO/c15-9-16-14-7-3-6-12-11-5-2-1-4-10(11)8-13(12)14/h1-7H,8-9H2. The molecule has 2 heteroatoms. The molecule has 1 aliphatic rings. The highest BCUT2D eigenvalue weighted by atomic mass is 35.5.